The molecule has 0 amide bonds. The molecule has 0 aliphatic heterocycles. The zero-order valence-electron chi connectivity index (χ0n) is 11.6. The van der Waals surface area contributed by atoms with Gasteiger partial charge in [-0.25, -0.2) is 9.67 Å². The average molecular weight is 269 g/mol. The van der Waals surface area contributed by atoms with E-state index in [-0.39, 0.29) is 6.42 Å². The first kappa shape index (κ1) is 15.1. The Morgan fingerprint density at radius 2 is 2.16 bits per heavy atom. The summed E-state index contributed by atoms with van der Waals surface area (Å²) >= 11 is 0. The molecule has 1 atom stereocenters. The van der Waals surface area contributed by atoms with Crippen molar-refractivity contribution in [3.8, 4) is 0 Å². The van der Waals surface area contributed by atoms with Crippen molar-refractivity contribution in [2.24, 2.45) is 11.3 Å². The van der Waals surface area contributed by atoms with Gasteiger partial charge in [0.1, 0.15) is 12.2 Å². The number of methoxy groups -OCH3 is 1. The first-order valence-corrected chi connectivity index (χ1v) is 5.99. The SMILES string of the molecule is COC(=O)C(C)(Cc1ncnn1CC(C)C)C(=O)O. The minimum Gasteiger partial charge on any atom is -0.480 e. The van der Waals surface area contributed by atoms with Crippen LogP contribution >= 0.6 is 0 Å². The third kappa shape index (κ3) is 3.30. The molecule has 1 aromatic heterocycles. The van der Waals surface area contributed by atoms with Crippen molar-refractivity contribution in [3.63, 3.8) is 0 Å². The minimum atomic E-state index is -1.66. The van der Waals surface area contributed by atoms with Gasteiger partial charge in [-0.3, -0.25) is 9.59 Å². The lowest BCUT2D eigenvalue weighted by Gasteiger charge is -2.21. The predicted octanol–water partition coefficient (Wildman–Crippen LogP) is 0.740. The number of hydrogen-bond donors (Lipinski definition) is 1. The number of hydrogen-bond acceptors (Lipinski definition) is 5. The second-order valence-electron chi connectivity index (χ2n) is 5.06. The number of nitrogens with zero attached hydrogens (tertiary/aromatic N) is 3. The van der Waals surface area contributed by atoms with Crippen molar-refractivity contribution in [1.82, 2.24) is 14.8 Å². The maximum Gasteiger partial charge on any atom is 0.323 e. The molecular formula is C12H19N3O4. The van der Waals surface area contributed by atoms with E-state index < -0.39 is 17.4 Å². The van der Waals surface area contributed by atoms with E-state index in [1.165, 1.54) is 20.4 Å². The molecule has 0 fully saturated rings. The van der Waals surface area contributed by atoms with Gasteiger partial charge in [0, 0.05) is 13.0 Å². The Morgan fingerprint density at radius 1 is 1.53 bits per heavy atom. The first-order valence-electron chi connectivity index (χ1n) is 5.99. The normalized spacial score (nSPS) is 14.2. The van der Waals surface area contributed by atoms with E-state index in [9.17, 15) is 14.7 Å². The van der Waals surface area contributed by atoms with E-state index in [1.54, 1.807) is 4.68 Å². The second-order valence-corrected chi connectivity index (χ2v) is 5.06. The summed E-state index contributed by atoms with van der Waals surface area (Å²) in [5, 5.41) is 13.3. The van der Waals surface area contributed by atoms with E-state index in [4.69, 9.17) is 0 Å². The monoisotopic (exact) mass is 269 g/mol. The summed E-state index contributed by atoms with van der Waals surface area (Å²) < 4.78 is 6.19. The summed E-state index contributed by atoms with van der Waals surface area (Å²) in [5.41, 5.74) is -1.66. The van der Waals surface area contributed by atoms with E-state index in [2.05, 4.69) is 14.8 Å². The Labute approximate surface area is 111 Å². The van der Waals surface area contributed by atoms with Gasteiger partial charge in [0.25, 0.3) is 0 Å². The topological polar surface area (TPSA) is 94.3 Å². The maximum atomic E-state index is 11.7. The van der Waals surface area contributed by atoms with Crippen LogP contribution in [0.5, 0.6) is 0 Å². The van der Waals surface area contributed by atoms with Gasteiger partial charge in [-0.2, -0.15) is 5.10 Å². The predicted molar refractivity (Wildman–Crippen MR) is 66.3 cm³/mol. The number of carboxylic acid groups (broad SMARTS) is 1. The van der Waals surface area contributed by atoms with Crippen molar-refractivity contribution in [3.05, 3.63) is 12.2 Å². The fourth-order valence-electron chi connectivity index (χ4n) is 1.70. The first-order chi connectivity index (χ1) is 8.81. The number of rotatable bonds is 6. The Kier molecular flexibility index (Phi) is 4.63. The number of ether oxygens (including phenoxy) is 1. The lowest BCUT2D eigenvalue weighted by Crippen LogP contribution is -2.40. The van der Waals surface area contributed by atoms with Gasteiger partial charge < -0.3 is 9.84 Å². The summed E-state index contributed by atoms with van der Waals surface area (Å²) in [7, 11) is 1.17. The highest BCUT2D eigenvalue weighted by Crippen LogP contribution is 2.24. The molecule has 0 saturated carbocycles. The zero-order valence-corrected chi connectivity index (χ0v) is 11.6. The van der Waals surface area contributed by atoms with Crippen molar-refractivity contribution in [2.75, 3.05) is 7.11 Å². The third-order valence-electron chi connectivity index (χ3n) is 2.85. The number of carboxylic acids is 1. The highest BCUT2D eigenvalue weighted by atomic mass is 16.5. The number of carbonyl (C=O) groups is 2. The van der Waals surface area contributed by atoms with Crippen LogP contribution in [0.4, 0.5) is 0 Å². The van der Waals surface area contributed by atoms with Crippen LogP contribution in [0.2, 0.25) is 0 Å². The van der Waals surface area contributed by atoms with Crippen molar-refractivity contribution in [1.29, 1.82) is 0 Å². The molecule has 0 bridgehead atoms. The Balaban J connectivity index is 3.01. The molecule has 0 radical (unpaired) electrons. The highest BCUT2D eigenvalue weighted by molar-refractivity contribution is 5.98. The maximum absolute atomic E-state index is 11.7. The van der Waals surface area contributed by atoms with Crippen LogP contribution in [0.1, 0.15) is 26.6 Å². The van der Waals surface area contributed by atoms with Crippen LogP contribution in [0, 0.1) is 11.3 Å². The fourth-order valence-corrected chi connectivity index (χ4v) is 1.70. The average Bonchev–Trinajstić information content (AvgIpc) is 2.74. The zero-order chi connectivity index (χ0) is 14.6. The summed E-state index contributed by atoms with van der Waals surface area (Å²) in [4.78, 5) is 27.0. The van der Waals surface area contributed by atoms with Gasteiger partial charge in [0.15, 0.2) is 5.41 Å². The molecule has 0 aliphatic rings. The fraction of sp³-hybridized carbons (Fsp3) is 0.667. The Bertz CT molecular complexity index is 469. The van der Waals surface area contributed by atoms with Crippen LogP contribution in [-0.4, -0.2) is 38.9 Å². The second kappa shape index (κ2) is 5.81. The van der Waals surface area contributed by atoms with E-state index in [0.717, 1.165) is 0 Å². The quantitative estimate of drug-likeness (QED) is 0.604. The Morgan fingerprint density at radius 3 is 2.63 bits per heavy atom. The molecular weight excluding hydrogens is 250 g/mol. The van der Waals surface area contributed by atoms with E-state index in [1.807, 2.05) is 13.8 Å². The molecule has 0 aromatic carbocycles. The molecule has 19 heavy (non-hydrogen) atoms. The standard InChI is InChI=1S/C12H19N3O4/c1-8(2)6-15-9(13-7-14-15)5-12(3,10(16)17)11(18)19-4/h7-8H,5-6H2,1-4H3,(H,16,17). The molecule has 106 valence electrons. The van der Waals surface area contributed by atoms with Crippen LogP contribution in [0.3, 0.4) is 0 Å². The van der Waals surface area contributed by atoms with Gasteiger partial charge in [0.05, 0.1) is 7.11 Å². The smallest absolute Gasteiger partial charge is 0.323 e. The lowest BCUT2D eigenvalue weighted by molar-refractivity contribution is -0.165. The third-order valence-corrected chi connectivity index (χ3v) is 2.85. The molecule has 1 aromatic rings. The summed E-state index contributed by atoms with van der Waals surface area (Å²) in [6, 6.07) is 0. The van der Waals surface area contributed by atoms with Crippen LogP contribution in [0.25, 0.3) is 0 Å². The largest absolute Gasteiger partial charge is 0.480 e. The van der Waals surface area contributed by atoms with Crippen LogP contribution < -0.4 is 0 Å². The van der Waals surface area contributed by atoms with E-state index in [0.29, 0.717) is 18.3 Å². The lowest BCUT2D eigenvalue weighted by atomic mass is 9.86. The number of aliphatic carboxylic acids is 1. The van der Waals surface area contributed by atoms with Gasteiger partial charge >= 0.3 is 11.9 Å². The Hall–Kier alpha value is -1.92. The van der Waals surface area contributed by atoms with Crippen molar-refractivity contribution in [2.45, 2.75) is 33.7 Å². The van der Waals surface area contributed by atoms with Gasteiger partial charge in [-0.05, 0) is 12.8 Å². The van der Waals surface area contributed by atoms with Crippen LogP contribution in [-0.2, 0) is 27.3 Å². The van der Waals surface area contributed by atoms with Gasteiger partial charge in [-0.15, -0.1) is 0 Å². The number of esters is 1. The summed E-state index contributed by atoms with van der Waals surface area (Å²) in [5.74, 6) is -1.23. The molecule has 1 heterocycles. The molecule has 1 rings (SSSR count). The molecule has 7 heteroatoms. The van der Waals surface area contributed by atoms with E-state index >= 15 is 0 Å². The summed E-state index contributed by atoms with van der Waals surface area (Å²) in [6.07, 6.45) is 1.30. The molecule has 0 spiro atoms. The van der Waals surface area contributed by atoms with Crippen molar-refractivity contribution < 1.29 is 19.4 Å². The number of carbonyl (C=O) groups excluding carboxylic acids is 1. The molecule has 0 saturated heterocycles. The summed E-state index contributed by atoms with van der Waals surface area (Å²) in [6.45, 7) is 5.98. The number of aromatic nitrogens is 3. The molecule has 1 unspecified atom stereocenters. The minimum absolute atomic E-state index is 0.0538. The highest BCUT2D eigenvalue weighted by Gasteiger charge is 2.44. The van der Waals surface area contributed by atoms with Gasteiger partial charge in [-0.1, -0.05) is 13.8 Å². The van der Waals surface area contributed by atoms with Gasteiger partial charge in [0.2, 0.25) is 0 Å². The molecule has 1 N–H and O–H groups in total. The van der Waals surface area contributed by atoms with Crippen LogP contribution in [0.15, 0.2) is 6.33 Å². The molecule has 7 nitrogen and oxygen atoms in total. The van der Waals surface area contributed by atoms with Crippen molar-refractivity contribution >= 4 is 11.9 Å². The molecule has 0 aliphatic carbocycles.